The van der Waals surface area contributed by atoms with E-state index in [2.05, 4.69) is 20.3 Å². The Morgan fingerprint density at radius 2 is 2.10 bits per heavy atom. The van der Waals surface area contributed by atoms with Gasteiger partial charge in [-0.05, 0) is 12.5 Å². The lowest BCUT2D eigenvalue weighted by Crippen LogP contribution is -1.98. The van der Waals surface area contributed by atoms with E-state index >= 15 is 0 Å². The molecule has 3 aromatic rings. The van der Waals surface area contributed by atoms with E-state index in [4.69, 9.17) is 10.3 Å². The van der Waals surface area contributed by atoms with E-state index in [0.29, 0.717) is 28.6 Å². The summed E-state index contributed by atoms with van der Waals surface area (Å²) in [4.78, 5) is 4.41. The van der Waals surface area contributed by atoms with Crippen LogP contribution in [0.5, 0.6) is 0 Å². The molecule has 0 bridgehead atoms. The molecule has 108 valence electrons. The third kappa shape index (κ3) is 2.75. The van der Waals surface area contributed by atoms with Gasteiger partial charge in [0, 0.05) is 12.6 Å². The Labute approximate surface area is 125 Å². The summed E-state index contributed by atoms with van der Waals surface area (Å²) >= 11 is 1.45. The van der Waals surface area contributed by atoms with Gasteiger partial charge in [-0.2, -0.15) is 4.98 Å². The topological polar surface area (TPSA) is 95.6 Å². The van der Waals surface area contributed by atoms with Crippen LogP contribution in [0.15, 0.2) is 33.9 Å². The van der Waals surface area contributed by atoms with Crippen LogP contribution in [-0.2, 0) is 12.8 Å². The molecule has 2 aromatic heterocycles. The van der Waals surface area contributed by atoms with Crippen molar-refractivity contribution in [3.05, 3.63) is 35.7 Å². The number of hydrogen-bond acceptors (Lipinski definition) is 7. The summed E-state index contributed by atoms with van der Waals surface area (Å²) in [5.41, 5.74) is 7.71. The molecule has 0 unspecified atom stereocenters. The number of hydrogen-bond donors (Lipinski definition) is 1. The molecule has 0 amide bonds. The predicted molar refractivity (Wildman–Crippen MR) is 79.4 cm³/mol. The minimum absolute atomic E-state index is 0.378. The summed E-state index contributed by atoms with van der Waals surface area (Å²) in [6.07, 6.45) is 0. The second-order valence-electron chi connectivity index (χ2n) is 4.52. The number of rotatable bonds is 4. The van der Waals surface area contributed by atoms with Gasteiger partial charge < -0.3 is 10.3 Å². The highest BCUT2D eigenvalue weighted by molar-refractivity contribution is 7.98. The Kier molecular flexibility index (Phi) is 3.61. The average Bonchev–Trinajstić information content (AvgIpc) is 3.06. The number of thioether (sulfide) groups is 1. The van der Waals surface area contributed by atoms with Gasteiger partial charge in [0.1, 0.15) is 0 Å². The monoisotopic (exact) mass is 302 g/mol. The van der Waals surface area contributed by atoms with Crippen molar-refractivity contribution in [2.75, 3.05) is 5.73 Å². The molecule has 0 fully saturated rings. The zero-order chi connectivity index (χ0) is 14.8. The fraction of sp³-hybridized carbons (Fsp3) is 0.231. The highest BCUT2D eigenvalue weighted by Crippen LogP contribution is 2.24. The summed E-state index contributed by atoms with van der Waals surface area (Å²) in [6.45, 7) is 2.02. The summed E-state index contributed by atoms with van der Waals surface area (Å²) < 4.78 is 6.98. The Balaban J connectivity index is 1.74. The van der Waals surface area contributed by atoms with Gasteiger partial charge in [-0.1, -0.05) is 41.2 Å². The number of nitrogen functional groups attached to an aromatic ring is 1. The molecule has 21 heavy (non-hydrogen) atoms. The normalized spacial score (nSPS) is 11.0. The van der Waals surface area contributed by atoms with Crippen LogP contribution in [0.3, 0.4) is 0 Å². The molecule has 0 saturated carbocycles. The van der Waals surface area contributed by atoms with Crippen LogP contribution in [0.2, 0.25) is 0 Å². The molecule has 0 spiro atoms. The van der Waals surface area contributed by atoms with Crippen molar-refractivity contribution in [3.63, 3.8) is 0 Å². The number of aryl methyl sites for hydroxylation is 1. The predicted octanol–water partition coefficient (Wildman–Crippen LogP) is 2.05. The van der Waals surface area contributed by atoms with Crippen molar-refractivity contribution in [1.29, 1.82) is 0 Å². The molecule has 7 nitrogen and oxygen atoms in total. The Morgan fingerprint density at radius 3 is 2.81 bits per heavy atom. The first kappa shape index (κ1) is 13.6. The van der Waals surface area contributed by atoms with Crippen LogP contribution in [0.1, 0.15) is 11.5 Å². The number of benzene rings is 1. The molecule has 0 aliphatic heterocycles. The Bertz CT molecular complexity index is 766. The van der Waals surface area contributed by atoms with Gasteiger partial charge in [-0.3, -0.25) is 4.57 Å². The smallest absolute Gasteiger partial charge is 0.237 e. The first-order chi connectivity index (χ1) is 10.1. The van der Waals surface area contributed by atoms with Crippen LogP contribution in [-0.4, -0.2) is 24.9 Å². The Morgan fingerprint density at radius 1 is 1.29 bits per heavy atom. The van der Waals surface area contributed by atoms with Crippen molar-refractivity contribution in [3.8, 4) is 11.4 Å². The molecule has 0 saturated heterocycles. The number of nitrogens with two attached hydrogens (primary N) is 1. The van der Waals surface area contributed by atoms with Gasteiger partial charge in [-0.15, -0.1) is 10.2 Å². The van der Waals surface area contributed by atoms with Crippen LogP contribution in [0.4, 0.5) is 5.95 Å². The van der Waals surface area contributed by atoms with Crippen LogP contribution in [0, 0.1) is 6.92 Å². The highest BCUT2D eigenvalue weighted by atomic mass is 32.2. The summed E-state index contributed by atoms with van der Waals surface area (Å²) in [5.74, 6) is 2.04. The minimum atomic E-state index is 0.378. The van der Waals surface area contributed by atoms with E-state index in [0.717, 1.165) is 11.1 Å². The van der Waals surface area contributed by atoms with E-state index in [1.807, 2.05) is 38.2 Å². The van der Waals surface area contributed by atoms with Crippen molar-refractivity contribution >= 4 is 17.7 Å². The van der Waals surface area contributed by atoms with E-state index in [1.54, 1.807) is 4.57 Å². The number of anilines is 1. The standard InChI is InChI=1S/C13H14N6OS/c1-8-5-3-4-6-9(8)11-15-10(20-18-11)7-21-13-17-16-12(14)19(13)2/h3-6H,7H2,1-2H3,(H2,14,16). The zero-order valence-corrected chi connectivity index (χ0v) is 12.5. The fourth-order valence-corrected chi connectivity index (χ4v) is 2.58. The van der Waals surface area contributed by atoms with Gasteiger partial charge >= 0.3 is 0 Å². The van der Waals surface area contributed by atoms with Crippen LogP contribution < -0.4 is 5.73 Å². The molecular weight excluding hydrogens is 288 g/mol. The first-order valence-electron chi connectivity index (χ1n) is 6.31. The number of aromatic nitrogens is 5. The molecule has 0 aliphatic carbocycles. The Hall–Kier alpha value is -2.35. The number of nitrogens with zero attached hydrogens (tertiary/aromatic N) is 5. The lowest BCUT2D eigenvalue weighted by molar-refractivity contribution is 0.391. The third-order valence-electron chi connectivity index (χ3n) is 3.05. The molecule has 1 aromatic carbocycles. The SMILES string of the molecule is Cc1ccccc1-c1noc(CSc2nnc(N)n2C)n1. The highest BCUT2D eigenvalue weighted by Gasteiger charge is 2.12. The molecule has 0 radical (unpaired) electrons. The maximum Gasteiger partial charge on any atom is 0.237 e. The van der Waals surface area contributed by atoms with Crippen molar-refractivity contribution in [2.45, 2.75) is 17.8 Å². The lowest BCUT2D eigenvalue weighted by atomic mass is 10.1. The molecule has 2 N–H and O–H groups in total. The van der Waals surface area contributed by atoms with Gasteiger partial charge in [-0.25, -0.2) is 0 Å². The van der Waals surface area contributed by atoms with Crippen molar-refractivity contribution in [1.82, 2.24) is 24.9 Å². The van der Waals surface area contributed by atoms with Gasteiger partial charge in [0.25, 0.3) is 0 Å². The molecule has 0 aliphatic rings. The largest absolute Gasteiger partial charge is 0.368 e. The molecule has 3 rings (SSSR count). The summed E-state index contributed by atoms with van der Waals surface area (Å²) in [6, 6.07) is 7.92. The van der Waals surface area contributed by atoms with Crippen molar-refractivity contribution < 1.29 is 4.52 Å². The second kappa shape index (κ2) is 5.57. The van der Waals surface area contributed by atoms with Crippen LogP contribution in [0.25, 0.3) is 11.4 Å². The summed E-state index contributed by atoms with van der Waals surface area (Å²) in [5, 5.41) is 12.5. The first-order valence-corrected chi connectivity index (χ1v) is 7.30. The minimum Gasteiger partial charge on any atom is -0.368 e. The third-order valence-corrected chi connectivity index (χ3v) is 4.05. The average molecular weight is 302 g/mol. The second-order valence-corrected chi connectivity index (χ2v) is 5.46. The van der Waals surface area contributed by atoms with E-state index in [9.17, 15) is 0 Å². The summed E-state index contributed by atoms with van der Waals surface area (Å²) in [7, 11) is 1.81. The molecular formula is C13H14N6OS. The fourth-order valence-electron chi connectivity index (χ4n) is 1.82. The van der Waals surface area contributed by atoms with Crippen molar-refractivity contribution in [2.24, 2.45) is 7.05 Å². The van der Waals surface area contributed by atoms with Gasteiger partial charge in [0.2, 0.25) is 17.7 Å². The van der Waals surface area contributed by atoms with E-state index in [-0.39, 0.29) is 0 Å². The lowest BCUT2D eigenvalue weighted by Gasteiger charge is -1.98. The maximum atomic E-state index is 5.63. The van der Waals surface area contributed by atoms with Crippen LogP contribution >= 0.6 is 11.8 Å². The van der Waals surface area contributed by atoms with Gasteiger partial charge in [0.15, 0.2) is 5.16 Å². The van der Waals surface area contributed by atoms with Gasteiger partial charge in [0.05, 0.1) is 5.75 Å². The maximum absolute atomic E-state index is 5.63. The molecule has 8 heteroatoms. The van der Waals surface area contributed by atoms with E-state index in [1.165, 1.54) is 11.8 Å². The van der Waals surface area contributed by atoms with E-state index < -0.39 is 0 Å². The quantitative estimate of drug-likeness (QED) is 0.737. The molecule has 2 heterocycles. The molecule has 0 atom stereocenters. The zero-order valence-electron chi connectivity index (χ0n) is 11.6.